The van der Waals surface area contributed by atoms with Crippen LogP contribution in [0.2, 0.25) is 0 Å². The number of hydrogen-bond acceptors (Lipinski definition) is 3. The van der Waals surface area contributed by atoms with Gasteiger partial charge >= 0.3 is 0 Å². The van der Waals surface area contributed by atoms with Crippen LogP contribution >= 0.6 is 0 Å². The van der Waals surface area contributed by atoms with Crippen molar-refractivity contribution in [1.82, 2.24) is 20.1 Å². The Morgan fingerprint density at radius 3 is 3.05 bits per heavy atom. The Hall–Kier alpha value is -2.17. The molecule has 3 heterocycles. The number of nitrogens with zero attached hydrogens (tertiary/aromatic N) is 3. The van der Waals surface area contributed by atoms with Gasteiger partial charge in [0, 0.05) is 25.4 Å². The van der Waals surface area contributed by atoms with Gasteiger partial charge in [0.15, 0.2) is 0 Å². The minimum Gasteiger partial charge on any atom is -0.334 e. The summed E-state index contributed by atoms with van der Waals surface area (Å²) in [4.78, 5) is 18.8. The number of aromatic amines is 1. The maximum absolute atomic E-state index is 12.7. The Bertz CT molecular complexity index is 623. The largest absolute Gasteiger partial charge is 0.334 e. The molecule has 0 radical (unpaired) electrons. The van der Waals surface area contributed by atoms with Gasteiger partial charge < -0.3 is 4.90 Å². The van der Waals surface area contributed by atoms with Crippen molar-refractivity contribution in [3.8, 4) is 0 Å². The van der Waals surface area contributed by atoms with Crippen LogP contribution in [-0.2, 0) is 11.2 Å². The lowest BCUT2D eigenvalue weighted by atomic mass is 9.96. The molecule has 116 valence electrons. The fourth-order valence-corrected chi connectivity index (χ4v) is 3.16. The SMILES string of the molecule is Cc1cn[nH]c1C1CCCCN1C(=O)CCc1cccnc1. The average Bonchev–Trinajstić information content (AvgIpc) is 2.99. The number of likely N-dealkylation sites (tertiary alicyclic amines) is 1. The molecule has 22 heavy (non-hydrogen) atoms. The van der Waals surface area contributed by atoms with Crippen LogP contribution in [0.15, 0.2) is 30.7 Å². The predicted molar refractivity (Wildman–Crippen MR) is 84.2 cm³/mol. The van der Waals surface area contributed by atoms with Gasteiger partial charge in [-0.1, -0.05) is 6.07 Å². The Morgan fingerprint density at radius 2 is 2.32 bits per heavy atom. The number of hydrogen-bond donors (Lipinski definition) is 1. The standard InChI is InChI=1S/C17H22N4O/c1-13-11-19-20-17(13)15-6-2-3-10-21(15)16(22)8-7-14-5-4-9-18-12-14/h4-5,9,11-12,15H,2-3,6-8,10H2,1H3,(H,19,20). The van der Waals surface area contributed by atoms with E-state index in [0.717, 1.165) is 49.0 Å². The molecular formula is C17H22N4O. The van der Waals surface area contributed by atoms with Crippen LogP contribution in [-0.4, -0.2) is 32.5 Å². The van der Waals surface area contributed by atoms with E-state index in [1.807, 2.05) is 36.4 Å². The number of pyridine rings is 1. The number of rotatable bonds is 4. The summed E-state index contributed by atoms with van der Waals surface area (Å²) in [5.41, 5.74) is 3.34. The van der Waals surface area contributed by atoms with Gasteiger partial charge in [-0.3, -0.25) is 14.9 Å². The first-order chi connectivity index (χ1) is 10.8. The third-order valence-electron chi connectivity index (χ3n) is 4.37. The number of aromatic nitrogens is 3. The molecule has 0 aliphatic carbocycles. The zero-order valence-electron chi connectivity index (χ0n) is 13.0. The van der Waals surface area contributed by atoms with E-state index in [0.29, 0.717) is 6.42 Å². The molecule has 2 aromatic heterocycles. The molecule has 1 N–H and O–H groups in total. The minimum absolute atomic E-state index is 0.151. The van der Waals surface area contributed by atoms with Gasteiger partial charge in [-0.25, -0.2) is 0 Å². The number of carbonyl (C=O) groups excluding carboxylic acids is 1. The van der Waals surface area contributed by atoms with Gasteiger partial charge in [0.1, 0.15) is 0 Å². The fraction of sp³-hybridized carbons (Fsp3) is 0.471. The van der Waals surface area contributed by atoms with E-state index < -0.39 is 0 Å². The van der Waals surface area contributed by atoms with Crippen LogP contribution in [0.4, 0.5) is 0 Å². The van der Waals surface area contributed by atoms with E-state index in [9.17, 15) is 4.79 Å². The maximum Gasteiger partial charge on any atom is 0.223 e. The summed E-state index contributed by atoms with van der Waals surface area (Å²) in [6, 6.07) is 4.09. The minimum atomic E-state index is 0.151. The molecule has 1 aliphatic rings. The highest BCUT2D eigenvalue weighted by molar-refractivity contribution is 5.77. The summed E-state index contributed by atoms with van der Waals surface area (Å²) in [6.07, 6.45) is 9.97. The maximum atomic E-state index is 12.7. The first-order valence-electron chi connectivity index (χ1n) is 7.94. The molecule has 2 aromatic rings. The second-order valence-electron chi connectivity index (χ2n) is 5.93. The zero-order valence-corrected chi connectivity index (χ0v) is 13.0. The van der Waals surface area contributed by atoms with E-state index in [1.54, 1.807) is 6.20 Å². The number of carbonyl (C=O) groups is 1. The molecule has 0 saturated carbocycles. The lowest BCUT2D eigenvalue weighted by molar-refractivity contribution is -0.135. The van der Waals surface area contributed by atoms with Gasteiger partial charge in [0.05, 0.1) is 17.9 Å². The molecule has 1 unspecified atom stereocenters. The third-order valence-corrected chi connectivity index (χ3v) is 4.37. The highest BCUT2D eigenvalue weighted by Gasteiger charge is 2.29. The van der Waals surface area contributed by atoms with E-state index in [1.165, 1.54) is 0 Å². The molecule has 0 bridgehead atoms. The zero-order chi connectivity index (χ0) is 15.4. The Labute approximate surface area is 130 Å². The average molecular weight is 298 g/mol. The summed E-state index contributed by atoms with van der Waals surface area (Å²) in [5.74, 6) is 0.225. The molecule has 1 aliphatic heterocycles. The molecule has 1 amide bonds. The van der Waals surface area contributed by atoms with Crippen molar-refractivity contribution < 1.29 is 4.79 Å². The number of aryl methyl sites for hydroxylation is 2. The number of amides is 1. The highest BCUT2D eigenvalue weighted by atomic mass is 16.2. The first-order valence-corrected chi connectivity index (χ1v) is 7.94. The van der Waals surface area contributed by atoms with Gasteiger partial charge in [-0.2, -0.15) is 5.10 Å². The normalized spacial score (nSPS) is 18.4. The van der Waals surface area contributed by atoms with Crippen molar-refractivity contribution in [3.05, 3.63) is 47.5 Å². The van der Waals surface area contributed by atoms with Crippen molar-refractivity contribution in [2.45, 2.75) is 45.1 Å². The van der Waals surface area contributed by atoms with Crippen LogP contribution in [0.3, 0.4) is 0 Å². The third kappa shape index (κ3) is 3.18. The molecule has 0 aromatic carbocycles. The van der Waals surface area contributed by atoms with Crippen LogP contribution in [0, 0.1) is 6.92 Å². The second kappa shape index (κ2) is 6.73. The smallest absolute Gasteiger partial charge is 0.223 e. The molecule has 1 atom stereocenters. The van der Waals surface area contributed by atoms with Crippen LogP contribution in [0.25, 0.3) is 0 Å². The van der Waals surface area contributed by atoms with Crippen molar-refractivity contribution in [2.75, 3.05) is 6.54 Å². The first kappa shape index (κ1) is 14.8. The molecule has 0 spiro atoms. The van der Waals surface area contributed by atoms with E-state index in [2.05, 4.69) is 15.2 Å². The van der Waals surface area contributed by atoms with Crippen molar-refractivity contribution in [1.29, 1.82) is 0 Å². The van der Waals surface area contributed by atoms with Crippen molar-refractivity contribution in [2.24, 2.45) is 0 Å². The second-order valence-corrected chi connectivity index (χ2v) is 5.93. The van der Waals surface area contributed by atoms with Crippen LogP contribution in [0.1, 0.15) is 48.5 Å². The van der Waals surface area contributed by atoms with E-state index in [-0.39, 0.29) is 11.9 Å². The summed E-state index contributed by atoms with van der Waals surface area (Å²) in [7, 11) is 0. The van der Waals surface area contributed by atoms with E-state index in [4.69, 9.17) is 0 Å². The Morgan fingerprint density at radius 1 is 1.41 bits per heavy atom. The van der Waals surface area contributed by atoms with E-state index >= 15 is 0 Å². The number of H-pyrrole nitrogens is 1. The summed E-state index contributed by atoms with van der Waals surface area (Å²) in [6.45, 7) is 2.89. The quantitative estimate of drug-likeness (QED) is 0.944. The topological polar surface area (TPSA) is 61.9 Å². The Kier molecular flexibility index (Phi) is 4.51. The van der Waals surface area contributed by atoms with Gasteiger partial charge in [0.2, 0.25) is 5.91 Å². The van der Waals surface area contributed by atoms with Gasteiger partial charge in [0.25, 0.3) is 0 Å². The van der Waals surface area contributed by atoms with Crippen molar-refractivity contribution in [3.63, 3.8) is 0 Å². The highest BCUT2D eigenvalue weighted by Crippen LogP contribution is 2.31. The summed E-state index contributed by atoms with van der Waals surface area (Å²) < 4.78 is 0. The van der Waals surface area contributed by atoms with Crippen molar-refractivity contribution >= 4 is 5.91 Å². The Balaban J connectivity index is 1.68. The summed E-state index contributed by atoms with van der Waals surface area (Å²) >= 11 is 0. The number of nitrogens with one attached hydrogen (secondary N) is 1. The molecule has 1 fully saturated rings. The molecule has 5 nitrogen and oxygen atoms in total. The van der Waals surface area contributed by atoms with Crippen LogP contribution in [0.5, 0.6) is 0 Å². The lowest BCUT2D eigenvalue weighted by Gasteiger charge is -2.35. The molecule has 5 heteroatoms. The number of piperidine rings is 1. The fourth-order valence-electron chi connectivity index (χ4n) is 3.16. The summed E-state index contributed by atoms with van der Waals surface area (Å²) in [5, 5.41) is 7.19. The van der Waals surface area contributed by atoms with Gasteiger partial charge in [-0.05, 0) is 49.8 Å². The molecular weight excluding hydrogens is 276 g/mol. The molecule has 3 rings (SSSR count). The predicted octanol–water partition coefficient (Wildman–Crippen LogP) is 2.80. The monoisotopic (exact) mass is 298 g/mol. The lowest BCUT2D eigenvalue weighted by Crippen LogP contribution is -2.39. The molecule has 1 saturated heterocycles. The van der Waals surface area contributed by atoms with Crippen LogP contribution < -0.4 is 0 Å². The van der Waals surface area contributed by atoms with Gasteiger partial charge in [-0.15, -0.1) is 0 Å².